The second kappa shape index (κ2) is 7.24. The van der Waals surface area contributed by atoms with Crippen molar-refractivity contribution in [3.8, 4) is 5.69 Å². The Morgan fingerprint density at radius 3 is 2.70 bits per heavy atom. The Morgan fingerprint density at radius 2 is 1.93 bits per heavy atom. The van der Waals surface area contributed by atoms with Crippen LogP contribution < -0.4 is 0 Å². The average Bonchev–Trinajstić information content (AvgIpc) is 3.38. The first kappa shape index (κ1) is 19.3. The molecule has 2 atom stereocenters. The van der Waals surface area contributed by atoms with Crippen molar-refractivity contribution in [2.75, 3.05) is 0 Å². The van der Waals surface area contributed by atoms with E-state index in [4.69, 9.17) is 0 Å². The summed E-state index contributed by atoms with van der Waals surface area (Å²) in [5.74, 6) is -0.247. The number of aryl methyl sites for hydroxylation is 1. The summed E-state index contributed by atoms with van der Waals surface area (Å²) >= 11 is 0. The molecule has 5 rings (SSSR count). The van der Waals surface area contributed by atoms with Crippen LogP contribution in [-0.2, 0) is 13.0 Å². The van der Waals surface area contributed by atoms with E-state index in [2.05, 4.69) is 35.1 Å². The van der Waals surface area contributed by atoms with Crippen LogP contribution in [0.4, 0.5) is 4.39 Å². The quantitative estimate of drug-likeness (QED) is 0.638. The van der Waals surface area contributed by atoms with Gasteiger partial charge in [-0.05, 0) is 86.6 Å². The molecule has 0 bridgehead atoms. The molecule has 2 aliphatic carbocycles. The minimum absolute atomic E-state index is 0.247. The largest absolute Gasteiger partial charge is 0.389 e. The zero-order chi connectivity index (χ0) is 20.8. The zero-order valence-corrected chi connectivity index (χ0v) is 17.4. The molecule has 0 amide bonds. The lowest BCUT2D eigenvalue weighted by molar-refractivity contribution is -0.0863. The van der Waals surface area contributed by atoms with Crippen LogP contribution in [0.3, 0.4) is 0 Å². The van der Waals surface area contributed by atoms with Crippen molar-refractivity contribution in [1.29, 1.82) is 0 Å². The molecule has 2 aromatic heterocycles. The van der Waals surface area contributed by atoms with Gasteiger partial charge < -0.3 is 9.67 Å². The van der Waals surface area contributed by atoms with Gasteiger partial charge in [0.05, 0.1) is 23.2 Å². The highest BCUT2D eigenvalue weighted by Gasteiger charge is 2.52. The normalized spacial score (nSPS) is 25.5. The third-order valence-electron chi connectivity index (χ3n) is 7.26. The van der Waals surface area contributed by atoms with E-state index >= 15 is 0 Å². The lowest BCUT2D eigenvalue weighted by Crippen LogP contribution is -2.52. The number of aromatic nitrogens is 3. The summed E-state index contributed by atoms with van der Waals surface area (Å²) in [5.41, 5.74) is 3.40. The van der Waals surface area contributed by atoms with Gasteiger partial charge >= 0.3 is 0 Å². The monoisotopic (exact) mass is 405 g/mol. The van der Waals surface area contributed by atoms with Crippen LogP contribution in [-0.4, -0.2) is 25.1 Å². The Hall–Kier alpha value is -2.66. The minimum atomic E-state index is -0.708. The summed E-state index contributed by atoms with van der Waals surface area (Å²) in [4.78, 5) is 0. The van der Waals surface area contributed by atoms with Crippen molar-refractivity contribution >= 4 is 6.08 Å². The van der Waals surface area contributed by atoms with E-state index in [0.29, 0.717) is 0 Å². The van der Waals surface area contributed by atoms with Crippen molar-refractivity contribution in [2.45, 2.75) is 57.6 Å². The highest BCUT2D eigenvalue weighted by Crippen LogP contribution is 2.54. The Kier molecular flexibility index (Phi) is 4.66. The van der Waals surface area contributed by atoms with Gasteiger partial charge in [-0.25, -0.2) is 9.07 Å². The Morgan fingerprint density at radius 1 is 1.17 bits per heavy atom. The molecule has 0 aliphatic heterocycles. The maximum absolute atomic E-state index is 13.3. The molecule has 1 fully saturated rings. The van der Waals surface area contributed by atoms with E-state index in [-0.39, 0.29) is 11.2 Å². The number of halogens is 1. The number of hydrogen-bond acceptors (Lipinski definition) is 2. The predicted octanol–water partition coefficient (Wildman–Crippen LogP) is 5.15. The predicted molar refractivity (Wildman–Crippen MR) is 116 cm³/mol. The van der Waals surface area contributed by atoms with E-state index in [1.165, 1.54) is 17.7 Å². The molecule has 0 saturated heterocycles. The molecular weight excluding hydrogens is 377 g/mol. The summed E-state index contributed by atoms with van der Waals surface area (Å²) in [7, 11) is 0. The van der Waals surface area contributed by atoms with Gasteiger partial charge in [-0.1, -0.05) is 12.5 Å². The fourth-order valence-electron chi connectivity index (χ4n) is 5.42. The third-order valence-corrected chi connectivity index (χ3v) is 7.26. The second-order valence-electron chi connectivity index (χ2n) is 9.03. The van der Waals surface area contributed by atoms with E-state index in [1.807, 2.05) is 23.0 Å². The number of benzene rings is 1. The first-order valence-corrected chi connectivity index (χ1v) is 10.9. The molecule has 3 aromatic rings. The molecule has 5 heteroatoms. The lowest BCUT2D eigenvalue weighted by Gasteiger charge is -2.52. The summed E-state index contributed by atoms with van der Waals surface area (Å²) in [6.45, 7) is 3.16. The Balaban J connectivity index is 1.43. The van der Waals surface area contributed by atoms with Crippen molar-refractivity contribution in [3.63, 3.8) is 0 Å². The summed E-state index contributed by atoms with van der Waals surface area (Å²) in [6.07, 6.45) is 13.7. The standard InChI is InChI=1S/C25H28FN3O/c1-24-17-19-18-27-29(22-9-7-21(26)8-10-22)23(19)16-20(24)6-4-11-25(24,30)12-5-15-28-13-2-3-14-28/h2-3,7-10,13-14,16,18,30H,4-6,11-12,15,17H2,1H3/t24-,25+/m0/s1. The van der Waals surface area contributed by atoms with Gasteiger partial charge in [0.1, 0.15) is 5.82 Å². The molecule has 1 N–H and O–H groups in total. The molecule has 1 aromatic carbocycles. The molecular formula is C25H28FN3O. The van der Waals surface area contributed by atoms with Gasteiger partial charge in [0, 0.05) is 24.4 Å². The van der Waals surface area contributed by atoms with Gasteiger partial charge in [-0.3, -0.25) is 0 Å². The van der Waals surface area contributed by atoms with Gasteiger partial charge in [0.15, 0.2) is 0 Å². The highest BCUT2D eigenvalue weighted by molar-refractivity contribution is 5.62. The van der Waals surface area contributed by atoms with Gasteiger partial charge in [0.25, 0.3) is 0 Å². The SMILES string of the molecule is C[C@]12Cc3cnn(-c4ccc(F)cc4)c3C=C1CCC[C@@]2(O)CCCn1cccc1. The second-order valence-corrected chi connectivity index (χ2v) is 9.03. The number of nitrogens with zero attached hydrogens (tertiary/aromatic N) is 3. The maximum Gasteiger partial charge on any atom is 0.123 e. The Bertz CT molecular complexity index is 1070. The number of hydrogen-bond donors (Lipinski definition) is 1. The van der Waals surface area contributed by atoms with Gasteiger partial charge in [-0.15, -0.1) is 0 Å². The van der Waals surface area contributed by atoms with Gasteiger partial charge in [0.2, 0.25) is 0 Å². The van der Waals surface area contributed by atoms with Crippen LogP contribution in [0.2, 0.25) is 0 Å². The van der Waals surface area contributed by atoms with Crippen molar-refractivity contribution in [3.05, 3.63) is 77.6 Å². The van der Waals surface area contributed by atoms with E-state index in [9.17, 15) is 9.50 Å². The number of rotatable bonds is 5. The van der Waals surface area contributed by atoms with Crippen LogP contribution in [0.1, 0.15) is 50.3 Å². The van der Waals surface area contributed by atoms with E-state index < -0.39 is 5.60 Å². The summed E-state index contributed by atoms with van der Waals surface area (Å²) in [6, 6.07) is 10.5. The van der Waals surface area contributed by atoms with Crippen molar-refractivity contribution < 1.29 is 9.50 Å². The molecule has 0 unspecified atom stereocenters. The molecule has 156 valence electrons. The average molecular weight is 406 g/mol. The number of fused-ring (bicyclic) bond motifs is 2. The maximum atomic E-state index is 13.3. The lowest BCUT2D eigenvalue weighted by atomic mass is 9.56. The highest BCUT2D eigenvalue weighted by atomic mass is 19.1. The van der Waals surface area contributed by atoms with E-state index in [0.717, 1.165) is 62.0 Å². The van der Waals surface area contributed by atoms with Crippen LogP contribution in [0.25, 0.3) is 11.8 Å². The van der Waals surface area contributed by atoms with E-state index in [1.54, 1.807) is 12.1 Å². The molecule has 0 radical (unpaired) electrons. The molecule has 2 heterocycles. The van der Waals surface area contributed by atoms with Crippen LogP contribution in [0.5, 0.6) is 0 Å². The van der Waals surface area contributed by atoms with Crippen molar-refractivity contribution in [2.24, 2.45) is 5.41 Å². The summed E-state index contributed by atoms with van der Waals surface area (Å²) in [5, 5.41) is 16.4. The first-order valence-electron chi connectivity index (χ1n) is 10.9. The minimum Gasteiger partial charge on any atom is -0.389 e. The van der Waals surface area contributed by atoms with Crippen molar-refractivity contribution in [1.82, 2.24) is 14.3 Å². The smallest absolute Gasteiger partial charge is 0.123 e. The summed E-state index contributed by atoms with van der Waals surface area (Å²) < 4.78 is 17.4. The molecule has 1 saturated carbocycles. The van der Waals surface area contributed by atoms with Crippen LogP contribution in [0, 0.1) is 11.2 Å². The van der Waals surface area contributed by atoms with Crippen LogP contribution in [0.15, 0.2) is 60.6 Å². The molecule has 2 aliphatic rings. The number of aliphatic hydroxyl groups is 1. The van der Waals surface area contributed by atoms with Crippen LogP contribution >= 0.6 is 0 Å². The first-order chi connectivity index (χ1) is 14.5. The molecule has 4 nitrogen and oxygen atoms in total. The fraction of sp³-hybridized carbons (Fsp3) is 0.400. The zero-order valence-electron chi connectivity index (χ0n) is 17.4. The molecule has 30 heavy (non-hydrogen) atoms. The topological polar surface area (TPSA) is 43.0 Å². The third kappa shape index (κ3) is 3.12. The van der Waals surface area contributed by atoms with Gasteiger partial charge in [-0.2, -0.15) is 5.10 Å². The Labute approximate surface area is 176 Å². The fourth-order valence-corrected chi connectivity index (χ4v) is 5.42. The molecule has 0 spiro atoms.